The van der Waals surface area contributed by atoms with Crippen molar-refractivity contribution >= 4 is 35.1 Å². The standard InChI is InChI=1S/C27H27Cl2N3O5/c28-20-7-4-8-21(29)24(20)25(34)31-22(27(36)37)13-16-9-11-17(12-10-16)23-18(15-33)14-30-32(26(23)35)19-5-2-1-3-6-19/h4,7-12,14,19,22,33H,1-3,5-6,13,15H2,(H,31,34)(H,36,37)/t22-/m0/s1. The number of nitrogens with one attached hydrogen (secondary N) is 1. The monoisotopic (exact) mass is 543 g/mol. The number of aliphatic hydroxyl groups excluding tert-OH is 1. The number of aliphatic carboxylic acids is 1. The van der Waals surface area contributed by atoms with E-state index in [4.69, 9.17) is 23.2 Å². The lowest BCUT2D eigenvalue weighted by molar-refractivity contribution is -0.139. The van der Waals surface area contributed by atoms with Gasteiger partial charge in [-0.05, 0) is 36.1 Å². The molecule has 0 radical (unpaired) electrons. The van der Waals surface area contributed by atoms with Crippen molar-refractivity contribution in [2.24, 2.45) is 0 Å². The Labute approximate surface area is 223 Å². The number of benzene rings is 2. The number of carboxylic acids is 1. The van der Waals surface area contributed by atoms with Crippen molar-refractivity contribution in [3.63, 3.8) is 0 Å². The smallest absolute Gasteiger partial charge is 0.326 e. The molecule has 1 atom stereocenters. The Hall–Kier alpha value is -3.20. The summed E-state index contributed by atoms with van der Waals surface area (Å²) < 4.78 is 1.53. The molecule has 3 aromatic rings. The van der Waals surface area contributed by atoms with Crippen LogP contribution in [-0.4, -0.2) is 37.9 Å². The van der Waals surface area contributed by atoms with E-state index in [9.17, 15) is 24.6 Å². The van der Waals surface area contributed by atoms with Gasteiger partial charge in [0.25, 0.3) is 11.5 Å². The first-order valence-electron chi connectivity index (χ1n) is 12.1. The zero-order valence-corrected chi connectivity index (χ0v) is 21.5. The van der Waals surface area contributed by atoms with Gasteiger partial charge < -0.3 is 15.5 Å². The third-order valence-corrected chi connectivity index (χ3v) is 7.28. The Morgan fingerprint density at radius 1 is 1.05 bits per heavy atom. The minimum atomic E-state index is -1.23. The highest BCUT2D eigenvalue weighted by molar-refractivity contribution is 6.39. The van der Waals surface area contributed by atoms with Crippen LogP contribution in [0, 0.1) is 0 Å². The summed E-state index contributed by atoms with van der Waals surface area (Å²) in [5, 5.41) is 26.6. The molecule has 1 aliphatic rings. The molecule has 1 aromatic heterocycles. The Morgan fingerprint density at radius 2 is 1.70 bits per heavy atom. The van der Waals surface area contributed by atoms with Crippen LogP contribution in [0.15, 0.2) is 53.5 Å². The van der Waals surface area contributed by atoms with Gasteiger partial charge in [0, 0.05) is 12.0 Å². The van der Waals surface area contributed by atoms with Crippen LogP contribution in [0.2, 0.25) is 10.0 Å². The molecule has 1 aliphatic carbocycles. The number of halogens is 2. The molecule has 194 valence electrons. The molecule has 1 saturated carbocycles. The van der Waals surface area contributed by atoms with Crippen molar-refractivity contribution in [2.45, 2.75) is 57.2 Å². The SMILES string of the molecule is O=C(N[C@@H](Cc1ccc(-c2c(CO)cnn(C3CCCCC3)c2=O)cc1)C(=O)O)c1c(Cl)cccc1Cl. The van der Waals surface area contributed by atoms with Gasteiger partial charge in [-0.1, -0.05) is 72.8 Å². The number of amides is 1. The van der Waals surface area contributed by atoms with Crippen molar-refractivity contribution in [3.05, 3.63) is 85.8 Å². The fourth-order valence-corrected chi connectivity index (χ4v) is 5.27. The predicted octanol–water partition coefficient (Wildman–Crippen LogP) is 4.64. The first kappa shape index (κ1) is 26.9. The molecule has 4 rings (SSSR count). The topological polar surface area (TPSA) is 122 Å². The van der Waals surface area contributed by atoms with E-state index in [2.05, 4.69) is 10.4 Å². The summed E-state index contributed by atoms with van der Waals surface area (Å²) in [4.78, 5) is 37.9. The molecule has 0 spiro atoms. The third-order valence-electron chi connectivity index (χ3n) is 6.65. The van der Waals surface area contributed by atoms with Crippen LogP contribution in [-0.2, 0) is 17.8 Å². The van der Waals surface area contributed by atoms with Gasteiger partial charge in [-0.2, -0.15) is 5.10 Å². The number of aromatic nitrogens is 2. The van der Waals surface area contributed by atoms with Crippen LogP contribution < -0.4 is 10.9 Å². The number of hydrogen-bond acceptors (Lipinski definition) is 5. The van der Waals surface area contributed by atoms with Crippen molar-refractivity contribution in [1.29, 1.82) is 0 Å². The lowest BCUT2D eigenvalue weighted by Gasteiger charge is -2.23. The molecule has 3 N–H and O–H groups in total. The number of hydrogen-bond donors (Lipinski definition) is 3. The average Bonchev–Trinajstić information content (AvgIpc) is 2.89. The van der Waals surface area contributed by atoms with Gasteiger partial charge in [0.2, 0.25) is 0 Å². The summed E-state index contributed by atoms with van der Waals surface area (Å²) in [7, 11) is 0. The molecule has 1 heterocycles. The largest absolute Gasteiger partial charge is 0.480 e. The molecule has 2 aromatic carbocycles. The van der Waals surface area contributed by atoms with E-state index in [-0.39, 0.29) is 40.2 Å². The van der Waals surface area contributed by atoms with E-state index < -0.39 is 17.9 Å². The van der Waals surface area contributed by atoms with E-state index >= 15 is 0 Å². The fourth-order valence-electron chi connectivity index (χ4n) is 4.70. The molecular weight excluding hydrogens is 517 g/mol. The molecule has 0 unspecified atom stereocenters. The zero-order valence-electron chi connectivity index (χ0n) is 20.0. The molecule has 10 heteroatoms. The second-order valence-electron chi connectivity index (χ2n) is 9.11. The zero-order chi connectivity index (χ0) is 26.5. The molecular formula is C27H27Cl2N3O5. The summed E-state index contributed by atoms with van der Waals surface area (Å²) in [6.07, 6.45) is 6.57. The van der Waals surface area contributed by atoms with E-state index in [1.807, 2.05) is 0 Å². The summed E-state index contributed by atoms with van der Waals surface area (Å²) in [5.74, 6) is -1.90. The van der Waals surface area contributed by atoms with E-state index in [1.165, 1.54) is 23.0 Å². The highest BCUT2D eigenvalue weighted by atomic mass is 35.5. The lowest BCUT2D eigenvalue weighted by atomic mass is 9.95. The van der Waals surface area contributed by atoms with Crippen LogP contribution in [0.25, 0.3) is 11.1 Å². The average molecular weight is 544 g/mol. The first-order valence-corrected chi connectivity index (χ1v) is 12.8. The maximum Gasteiger partial charge on any atom is 0.326 e. The molecule has 0 saturated heterocycles. The number of carboxylic acid groups (broad SMARTS) is 1. The minimum Gasteiger partial charge on any atom is -0.480 e. The van der Waals surface area contributed by atoms with Crippen molar-refractivity contribution in [1.82, 2.24) is 15.1 Å². The molecule has 0 bridgehead atoms. The molecule has 1 fully saturated rings. The van der Waals surface area contributed by atoms with E-state index in [0.717, 1.165) is 32.1 Å². The normalized spacial score (nSPS) is 14.8. The molecule has 37 heavy (non-hydrogen) atoms. The Morgan fingerprint density at radius 3 is 2.30 bits per heavy atom. The highest BCUT2D eigenvalue weighted by Crippen LogP contribution is 2.28. The number of rotatable bonds is 8. The van der Waals surface area contributed by atoms with Gasteiger partial charge in [-0.3, -0.25) is 9.59 Å². The second kappa shape index (κ2) is 11.9. The summed E-state index contributed by atoms with van der Waals surface area (Å²) >= 11 is 12.2. The molecule has 0 aliphatic heterocycles. The van der Waals surface area contributed by atoms with E-state index in [1.54, 1.807) is 30.3 Å². The van der Waals surface area contributed by atoms with Gasteiger partial charge in [0.1, 0.15) is 6.04 Å². The highest BCUT2D eigenvalue weighted by Gasteiger charge is 2.25. The summed E-state index contributed by atoms with van der Waals surface area (Å²) in [6, 6.07) is 10.2. The molecule has 1 amide bonds. The number of aliphatic hydroxyl groups is 1. The van der Waals surface area contributed by atoms with Crippen LogP contribution in [0.4, 0.5) is 0 Å². The molecule has 8 nitrogen and oxygen atoms in total. The predicted molar refractivity (Wildman–Crippen MR) is 141 cm³/mol. The van der Waals surface area contributed by atoms with Gasteiger partial charge in [-0.15, -0.1) is 0 Å². The van der Waals surface area contributed by atoms with Crippen LogP contribution >= 0.6 is 23.2 Å². The Balaban J connectivity index is 1.56. The van der Waals surface area contributed by atoms with Crippen molar-refractivity contribution < 1.29 is 19.8 Å². The van der Waals surface area contributed by atoms with Crippen LogP contribution in [0.5, 0.6) is 0 Å². The fraction of sp³-hybridized carbons (Fsp3) is 0.333. The third kappa shape index (κ3) is 6.04. The van der Waals surface area contributed by atoms with Crippen molar-refractivity contribution in [2.75, 3.05) is 0 Å². The second-order valence-corrected chi connectivity index (χ2v) is 9.92. The van der Waals surface area contributed by atoms with E-state index in [0.29, 0.717) is 22.3 Å². The lowest BCUT2D eigenvalue weighted by Crippen LogP contribution is -2.42. The summed E-state index contributed by atoms with van der Waals surface area (Å²) in [6.45, 7) is -0.331. The Kier molecular flexibility index (Phi) is 8.63. The van der Waals surface area contributed by atoms with Gasteiger partial charge in [-0.25, -0.2) is 9.48 Å². The number of nitrogens with zero attached hydrogens (tertiary/aromatic N) is 2. The summed E-state index contributed by atoms with van der Waals surface area (Å²) in [5.41, 5.74) is 1.80. The minimum absolute atomic E-state index is 0.00106. The van der Waals surface area contributed by atoms with Crippen LogP contribution in [0.1, 0.15) is 59.6 Å². The van der Waals surface area contributed by atoms with Crippen molar-refractivity contribution in [3.8, 4) is 11.1 Å². The maximum absolute atomic E-state index is 13.4. The van der Waals surface area contributed by atoms with Gasteiger partial charge in [0.05, 0.1) is 40.0 Å². The quantitative estimate of drug-likeness (QED) is 0.380. The Bertz CT molecular complexity index is 1330. The number of carbonyl (C=O) groups excluding carboxylic acids is 1. The number of carbonyl (C=O) groups is 2. The van der Waals surface area contributed by atoms with Gasteiger partial charge in [0.15, 0.2) is 0 Å². The van der Waals surface area contributed by atoms with Gasteiger partial charge >= 0.3 is 5.97 Å². The van der Waals surface area contributed by atoms with Crippen LogP contribution in [0.3, 0.4) is 0 Å². The first-order chi connectivity index (χ1) is 17.8. The maximum atomic E-state index is 13.4.